The minimum Gasteiger partial charge on any atom is -0.329 e. The van der Waals surface area contributed by atoms with Crippen molar-refractivity contribution >= 4 is 35.1 Å². The largest absolute Gasteiger partial charge is 0.329 e. The quantitative estimate of drug-likeness (QED) is 0.854. The molecule has 0 aromatic carbocycles. The van der Waals surface area contributed by atoms with Crippen molar-refractivity contribution in [2.24, 2.45) is 5.92 Å². The van der Waals surface area contributed by atoms with Crippen molar-refractivity contribution in [3.05, 3.63) is 22.6 Å². The number of nitrogens with one attached hydrogen (secondary N) is 1. The molecule has 2 aromatic rings. The Bertz CT molecular complexity index is 608. The van der Waals surface area contributed by atoms with Gasteiger partial charge in [0.15, 0.2) is 10.4 Å². The van der Waals surface area contributed by atoms with Gasteiger partial charge < -0.3 is 9.55 Å². The molecular weight excluding hydrogens is 262 g/mol. The van der Waals surface area contributed by atoms with Crippen molar-refractivity contribution < 1.29 is 0 Å². The van der Waals surface area contributed by atoms with Crippen molar-refractivity contribution in [3.63, 3.8) is 0 Å². The molecule has 0 aliphatic carbocycles. The Labute approximate surface area is 116 Å². The zero-order valence-electron chi connectivity index (χ0n) is 10.5. The third-order valence-corrected chi connectivity index (χ3v) is 5.02. The summed E-state index contributed by atoms with van der Waals surface area (Å²) in [6, 6.07) is 2.02. The molecule has 1 aliphatic heterocycles. The molecule has 3 heterocycles. The molecule has 0 saturated carbocycles. The van der Waals surface area contributed by atoms with E-state index >= 15 is 0 Å². The highest BCUT2D eigenvalue weighted by molar-refractivity contribution is 7.99. The van der Waals surface area contributed by atoms with Crippen LogP contribution in [0.5, 0.6) is 0 Å². The average molecular weight is 279 g/mol. The lowest BCUT2D eigenvalue weighted by Crippen LogP contribution is -2.16. The summed E-state index contributed by atoms with van der Waals surface area (Å²) in [5.74, 6) is 3.32. The molecular formula is C13H17N3S2. The van der Waals surface area contributed by atoms with Crippen LogP contribution in [0.25, 0.3) is 11.2 Å². The van der Waals surface area contributed by atoms with E-state index in [1.54, 1.807) is 0 Å². The first-order valence-electron chi connectivity index (χ1n) is 6.37. The molecule has 18 heavy (non-hydrogen) atoms. The number of rotatable bonds is 2. The fourth-order valence-corrected chi connectivity index (χ4v) is 4.00. The van der Waals surface area contributed by atoms with Crippen molar-refractivity contribution in [3.8, 4) is 0 Å². The maximum Gasteiger partial charge on any atom is 0.179 e. The molecule has 96 valence electrons. The molecule has 0 unspecified atom stereocenters. The second-order valence-corrected chi connectivity index (χ2v) is 6.53. The number of fused-ring (bicyclic) bond motifs is 1. The van der Waals surface area contributed by atoms with E-state index in [-0.39, 0.29) is 0 Å². The Morgan fingerprint density at radius 1 is 1.50 bits per heavy atom. The first-order chi connectivity index (χ1) is 8.75. The van der Waals surface area contributed by atoms with Gasteiger partial charge in [-0.2, -0.15) is 11.8 Å². The van der Waals surface area contributed by atoms with Crippen LogP contribution in [-0.4, -0.2) is 26.0 Å². The van der Waals surface area contributed by atoms with E-state index in [1.165, 1.54) is 29.9 Å². The summed E-state index contributed by atoms with van der Waals surface area (Å²) < 4.78 is 2.99. The number of hydrogen-bond donors (Lipinski definition) is 1. The number of nitrogens with zero attached hydrogens (tertiary/aromatic N) is 2. The second kappa shape index (κ2) is 5.05. The first-order valence-corrected chi connectivity index (χ1v) is 7.94. The normalized spacial score (nSPS) is 17.4. The number of imidazole rings is 1. The molecule has 1 fully saturated rings. The zero-order chi connectivity index (χ0) is 12.5. The highest BCUT2D eigenvalue weighted by atomic mass is 32.2. The van der Waals surface area contributed by atoms with Crippen LogP contribution in [0.4, 0.5) is 0 Å². The van der Waals surface area contributed by atoms with Gasteiger partial charge in [0.2, 0.25) is 0 Å². The van der Waals surface area contributed by atoms with Crippen LogP contribution in [0.1, 0.15) is 18.4 Å². The summed E-state index contributed by atoms with van der Waals surface area (Å²) in [7, 11) is 0. The number of H-pyrrole nitrogens is 1. The molecule has 0 atom stereocenters. The van der Waals surface area contributed by atoms with Crippen molar-refractivity contribution in [1.29, 1.82) is 0 Å². The maximum absolute atomic E-state index is 5.44. The molecule has 0 radical (unpaired) electrons. The molecule has 1 aliphatic rings. The molecule has 3 nitrogen and oxygen atoms in total. The fourth-order valence-electron chi connectivity index (χ4n) is 2.53. The lowest BCUT2D eigenvalue weighted by Gasteiger charge is -2.21. The Morgan fingerprint density at radius 2 is 2.28 bits per heavy atom. The number of aromatic amines is 1. The minimum atomic E-state index is 0.749. The van der Waals surface area contributed by atoms with Crippen LogP contribution in [0, 0.1) is 17.6 Å². The van der Waals surface area contributed by atoms with E-state index in [2.05, 4.69) is 33.2 Å². The number of aryl methyl sites for hydroxylation is 1. The van der Waals surface area contributed by atoms with Gasteiger partial charge in [-0.05, 0) is 61.0 Å². The zero-order valence-corrected chi connectivity index (χ0v) is 12.1. The molecule has 5 heteroatoms. The summed E-state index contributed by atoms with van der Waals surface area (Å²) in [5, 5.41) is 0. The number of aromatic nitrogens is 3. The fraction of sp³-hybridized carbons (Fsp3) is 0.538. The lowest BCUT2D eigenvalue weighted by molar-refractivity contribution is 0.419. The molecule has 0 amide bonds. The van der Waals surface area contributed by atoms with Gasteiger partial charge in [-0.1, -0.05) is 0 Å². The first kappa shape index (κ1) is 12.2. The van der Waals surface area contributed by atoms with Gasteiger partial charge in [0.1, 0.15) is 0 Å². The van der Waals surface area contributed by atoms with E-state index < -0.39 is 0 Å². The standard InChI is InChI=1S/C13H17N3S2/c1-9-2-5-14-12-11(9)15-13(17)16(12)8-10-3-6-18-7-4-10/h2,5,10H,3-4,6-8H2,1H3,(H,15,17). The number of pyridine rings is 1. The predicted octanol–water partition coefficient (Wildman–Crippen LogP) is 3.55. The third kappa shape index (κ3) is 2.21. The van der Waals surface area contributed by atoms with E-state index in [0.717, 1.165) is 28.4 Å². The topological polar surface area (TPSA) is 33.6 Å². The van der Waals surface area contributed by atoms with Gasteiger partial charge in [0.25, 0.3) is 0 Å². The summed E-state index contributed by atoms with van der Waals surface area (Å²) >= 11 is 7.51. The smallest absolute Gasteiger partial charge is 0.179 e. The molecule has 1 N–H and O–H groups in total. The van der Waals surface area contributed by atoms with Crippen LogP contribution < -0.4 is 0 Å². The van der Waals surface area contributed by atoms with Gasteiger partial charge in [-0.15, -0.1) is 0 Å². The van der Waals surface area contributed by atoms with Crippen molar-refractivity contribution in [2.45, 2.75) is 26.3 Å². The van der Waals surface area contributed by atoms with Gasteiger partial charge in [0.05, 0.1) is 5.52 Å². The number of hydrogen-bond acceptors (Lipinski definition) is 3. The molecule has 0 bridgehead atoms. The van der Waals surface area contributed by atoms with E-state index in [9.17, 15) is 0 Å². The Kier molecular flexibility index (Phi) is 3.43. The number of thioether (sulfide) groups is 1. The van der Waals surface area contributed by atoms with Crippen LogP contribution in [0.2, 0.25) is 0 Å². The van der Waals surface area contributed by atoms with Crippen LogP contribution >= 0.6 is 24.0 Å². The highest BCUT2D eigenvalue weighted by Crippen LogP contribution is 2.25. The SMILES string of the molecule is Cc1ccnc2c1[nH]c(=S)n2CC1CCSCC1. The van der Waals surface area contributed by atoms with Gasteiger partial charge in [-0.25, -0.2) is 4.98 Å². The molecule has 1 saturated heterocycles. The average Bonchev–Trinajstić information content (AvgIpc) is 2.70. The monoisotopic (exact) mass is 279 g/mol. The second-order valence-electron chi connectivity index (χ2n) is 4.92. The Balaban J connectivity index is 1.98. The Hall–Kier alpha value is -0.810. The van der Waals surface area contributed by atoms with Crippen molar-refractivity contribution in [1.82, 2.24) is 14.5 Å². The van der Waals surface area contributed by atoms with Crippen LogP contribution in [0.3, 0.4) is 0 Å². The van der Waals surface area contributed by atoms with E-state index in [4.69, 9.17) is 12.2 Å². The van der Waals surface area contributed by atoms with Gasteiger partial charge in [0, 0.05) is 12.7 Å². The van der Waals surface area contributed by atoms with Gasteiger partial charge >= 0.3 is 0 Å². The Morgan fingerprint density at radius 3 is 3.06 bits per heavy atom. The summed E-state index contributed by atoms with van der Waals surface area (Å²) in [5.41, 5.74) is 3.31. The van der Waals surface area contributed by atoms with Crippen LogP contribution in [0.15, 0.2) is 12.3 Å². The summed E-state index contributed by atoms with van der Waals surface area (Å²) in [6.45, 7) is 3.10. The van der Waals surface area contributed by atoms with E-state index in [0.29, 0.717) is 0 Å². The molecule has 2 aromatic heterocycles. The highest BCUT2D eigenvalue weighted by Gasteiger charge is 2.16. The molecule has 3 rings (SSSR count). The lowest BCUT2D eigenvalue weighted by atomic mass is 10.0. The minimum absolute atomic E-state index is 0.749. The molecule has 0 spiro atoms. The van der Waals surface area contributed by atoms with Crippen molar-refractivity contribution in [2.75, 3.05) is 11.5 Å². The summed E-state index contributed by atoms with van der Waals surface area (Å²) in [4.78, 5) is 7.78. The van der Waals surface area contributed by atoms with E-state index in [1.807, 2.05) is 12.3 Å². The summed E-state index contributed by atoms with van der Waals surface area (Å²) in [6.07, 6.45) is 4.46. The third-order valence-electron chi connectivity index (χ3n) is 3.65. The van der Waals surface area contributed by atoms with Gasteiger partial charge in [-0.3, -0.25) is 0 Å². The predicted molar refractivity (Wildman–Crippen MR) is 79.7 cm³/mol. The van der Waals surface area contributed by atoms with Crippen LogP contribution in [-0.2, 0) is 6.54 Å². The maximum atomic E-state index is 5.44.